The van der Waals surface area contributed by atoms with Gasteiger partial charge in [0.1, 0.15) is 11.6 Å². The van der Waals surface area contributed by atoms with Gasteiger partial charge >= 0.3 is 0 Å². The molecule has 0 bridgehead atoms. The second kappa shape index (κ2) is 6.64. The van der Waals surface area contributed by atoms with Crippen molar-refractivity contribution in [3.8, 4) is 17.6 Å². The molecule has 4 nitrogen and oxygen atoms in total. The van der Waals surface area contributed by atoms with E-state index in [1.807, 2.05) is 72.8 Å². The van der Waals surface area contributed by atoms with Gasteiger partial charge in [-0.15, -0.1) is 0 Å². The number of amidine groups is 1. The molecule has 1 atom stereocenters. The molecule has 1 aliphatic rings. The standard InChI is InChI=1S/C23H18N2O2/c1-27-19-12-9-16(10-13-19)7-8-17-11-14-21-20(15-17)23(26,22(24)25-21)18-5-3-2-4-6-18/h2-6,9-15,26H,1H3,(H2,24,25). The monoisotopic (exact) mass is 354 g/mol. The van der Waals surface area contributed by atoms with Crippen molar-refractivity contribution in [2.75, 3.05) is 7.11 Å². The van der Waals surface area contributed by atoms with Crippen molar-refractivity contribution < 1.29 is 9.84 Å². The first-order valence-corrected chi connectivity index (χ1v) is 8.54. The maximum atomic E-state index is 11.3. The first kappa shape index (κ1) is 16.9. The van der Waals surface area contributed by atoms with Crippen molar-refractivity contribution in [2.45, 2.75) is 5.60 Å². The van der Waals surface area contributed by atoms with Gasteiger partial charge in [-0.1, -0.05) is 42.2 Å². The summed E-state index contributed by atoms with van der Waals surface area (Å²) in [5.41, 5.74) is 8.31. The maximum absolute atomic E-state index is 11.3. The third-order valence-corrected chi connectivity index (χ3v) is 4.63. The summed E-state index contributed by atoms with van der Waals surface area (Å²) >= 11 is 0. The number of ether oxygens (including phenoxy) is 1. The lowest BCUT2D eigenvalue weighted by molar-refractivity contribution is 0.158. The normalized spacial score (nSPS) is 17.5. The van der Waals surface area contributed by atoms with Crippen molar-refractivity contribution in [2.24, 2.45) is 10.7 Å². The third-order valence-electron chi connectivity index (χ3n) is 4.63. The molecule has 0 aliphatic carbocycles. The summed E-state index contributed by atoms with van der Waals surface area (Å²) in [4.78, 5) is 4.34. The summed E-state index contributed by atoms with van der Waals surface area (Å²) < 4.78 is 5.16. The van der Waals surface area contributed by atoms with Gasteiger partial charge in [0.25, 0.3) is 0 Å². The molecule has 3 N–H and O–H groups in total. The van der Waals surface area contributed by atoms with Crippen LogP contribution in [0.1, 0.15) is 22.3 Å². The van der Waals surface area contributed by atoms with Gasteiger partial charge < -0.3 is 15.6 Å². The van der Waals surface area contributed by atoms with Gasteiger partial charge in [-0.2, -0.15) is 0 Å². The van der Waals surface area contributed by atoms with Crippen LogP contribution in [0.4, 0.5) is 5.69 Å². The van der Waals surface area contributed by atoms with Gasteiger partial charge in [0.15, 0.2) is 5.60 Å². The summed E-state index contributed by atoms with van der Waals surface area (Å²) in [5.74, 6) is 7.23. The van der Waals surface area contributed by atoms with Crippen LogP contribution in [-0.4, -0.2) is 18.1 Å². The number of nitrogens with two attached hydrogens (primary N) is 1. The molecule has 27 heavy (non-hydrogen) atoms. The van der Waals surface area contributed by atoms with Crippen LogP contribution in [0, 0.1) is 11.8 Å². The molecule has 0 saturated heterocycles. The van der Waals surface area contributed by atoms with E-state index in [1.165, 1.54) is 0 Å². The molecule has 3 aromatic carbocycles. The van der Waals surface area contributed by atoms with Gasteiger partial charge in [-0.05, 0) is 48.0 Å². The second-order valence-electron chi connectivity index (χ2n) is 6.28. The van der Waals surface area contributed by atoms with Crippen LogP contribution in [-0.2, 0) is 5.60 Å². The highest BCUT2D eigenvalue weighted by Crippen LogP contribution is 2.42. The molecule has 0 aromatic heterocycles. The quantitative estimate of drug-likeness (QED) is 0.694. The minimum atomic E-state index is -1.44. The minimum Gasteiger partial charge on any atom is -0.497 e. The Kier molecular flexibility index (Phi) is 4.15. The Morgan fingerprint density at radius 3 is 2.30 bits per heavy atom. The number of methoxy groups -OCH3 is 1. The maximum Gasteiger partial charge on any atom is 0.174 e. The molecule has 132 valence electrons. The van der Waals surface area contributed by atoms with Crippen molar-refractivity contribution in [3.63, 3.8) is 0 Å². The van der Waals surface area contributed by atoms with Gasteiger partial charge in [0, 0.05) is 16.7 Å². The van der Waals surface area contributed by atoms with E-state index < -0.39 is 5.60 Å². The highest BCUT2D eigenvalue weighted by atomic mass is 16.5. The van der Waals surface area contributed by atoms with Gasteiger partial charge in [-0.25, -0.2) is 4.99 Å². The molecule has 3 aromatic rings. The number of rotatable bonds is 2. The van der Waals surface area contributed by atoms with Gasteiger partial charge in [0.2, 0.25) is 0 Å². The van der Waals surface area contributed by atoms with E-state index in [9.17, 15) is 5.11 Å². The van der Waals surface area contributed by atoms with Crippen LogP contribution in [0.15, 0.2) is 77.8 Å². The first-order chi connectivity index (χ1) is 13.1. The summed E-state index contributed by atoms with van der Waals surface area (Å²) in [5, 5.41) is 11.3. The van der Waals surface area contributed by atoms with Crippen LogP contribution in [0.25, 0.3) is 0 Å². The fraction of sp³-hybridized carbons (Fsp3) is 0.0870. The van der Waals surface area contributed by atoms with Crippen LogP contribution < -0.4 is 10.5 Å². The number of aliphatic hydroxyl groups is 1. The highest BCUT2D eigenvalue weighted by molar-refractivity contribution is 6.00. The average molecular weight is 354 g/mol. The molecule has 0 radical (unpaired) electrons. The fourth-order valence-corrected chi connectivity index (χ4v) is 3.15. The molecule has 1 unspecified atom stereocenters. The number of fused-ring (bicyclic) bond motifs is 1. The number of aliphatic imine (C=N–C) groups is 1. The van der Waals surface area contributed by atoms with Crippen LogP contribution in [0.2, 0.25) is 0 Å². The fourth-order valence-electron chi connectivity index (χ4n) is 3.15. The lowest BCUT2D eigenvalue weighted by atomic mass is 9.86. The molecule has 0 saturated carbocycles. The number of hydrogen-bond donors (Lipinski definition) is 2. The molecule has 4 rings (SSSR count). The Bertz CT molecular complexity index is 1080. The molecule has 0 fully saturated rings. The molecule has 1 heterocycles. The Morgan fingerprint density at radius 2 is 1.59 bits per heavy atom. The summed E-state index contributed by atoms with van der Waals surface area (Å²) in [7, 11) is 1.63. The third kappa shape index (κ3) is 2.95. The molecule has 0 spiro atoms. The largest absolute Gasteiger partial charge is 0.497 e. The van der Waals surface area contributed by atoms with Crippen LogP contribution in [0.3, 0.4) is 0 Å². The number of hydrogen-bond acceptors (Lipinski definition) is 4. The van der Waals surface area contributed by atoms with Crippen LogP contribution >= 0.6 is 0 Å². The zero-order chi connectivity index (χ0) is 18.9. The van der Waals surface area contributed by atoms with E-state index in [2.05, 4.69) is 16.8 Å². The predicted octanol–water partition coefficient (Wildman–Crippen LogP) is 3.33. The predicted molar refractivity (Wildman–Crippen MR) is 106 cm³/mol. The van der Waals surface area contributed by atoms with Crippen molar-refractivity contribution in [3.05, 3.63) is 95.1 Å². The summed E-state index contributed by atoms with van der Waals surface area (Å²) in [6, 6.07) is 22.4. The SMILES string of the molecule is COc1ccc(C#Cc2ccc3c(c2)C(O)(c2ccccc2)C(N)=N3)cc1. The van der Waals surface area contributed by atoms with E-state index in [4.69, 9.17) is 10.5 Å². The molecule has 1 aliphatic heterocycles. The van der Waals surface area contributed by atoms with E-state index in [-0.39, 0.29) is 5.84 Å². The number of benzene rings is 3. The van der Waals surface area contributed by atoms with E-state index in [1.54, 1.807) is 7.11 Å². The Hall–Kier alpha value is -3.55. The Labute approximate surface area is 158 Å². The highest BCUT2D eigenvalue weighted by Gasteiger charge is 2.42. The molecular formula is C23H18N2O2. The minimum absolute atomic E-state index is 0.170. The zero-order valence-electron chi connectivity index (χ0n) is 14.8. The van der Waals surface area contributed by atoms with Gasteiger partial charge in [0.05, 0.1) is 12.8 Å². The Balaban J connectivity index is 1.72. The summed E-state index contributed by atoms with van der Waals surface area (Å²) in [6.07, 6.45) is 0. The van der Waals surface area contributed by atoms with E-state index in [0.29, 0.717) is 16.8 Å². The lowest BCUT2D eigenvalue weighted by Crippen LogP contribution is -2.39. The molecular weight excluding hydrogens is 336 g/mol. The topological polar surface area (TPSA) is 67.8 Å². The van der Waals surface area contributed by atoms with Crippen LogP contribution in [0.5, 0.6) is 5.75 Å². The van der Waals surface area contributed by atoms with Gasteiger partial charge in [-0.3, -0.25) is 0 Å². The number of nitrogens with zero attached hydrogens (tertiary/aromatic N) is 1. The smallest absolute Gasteiger partial charge is 0.174 e. The lowest BCUT2D eigenvalue weighted by Gasteiger charge is -2.24. The van der Waals surface area contributed by atoms with E-state index >= 15 is 0 Å². The van der Waals surface area contributed by atoms with Crippen molar-refractivity contribution in [1.82, 2.24) is 0 Å². The van der Waals surface area contributed by atoms with E-state index in [0.717, 1.165) is 16.9 Å². The summed E-state index contributed by atoms with van der Waals surface area (Å²) in [6.45, 7) is 0. The first-order valence-electron chi connectivity index (χ1n) is 8.54. The molecule has 0 amide bonds. The second-order valence-corrected chi connectivity index (χ2v) is 6.28. The van der Waals surface area contributed by atoms with Crippen molar-refractivity contribution >= 4 is 11.5 Å². The van der Waals surface area contributed by atoms with Crippen molar-refractivity contribution in [1.29, 1.82) is 0 Å². The Morgan fingerprint density at radius 1 is 0.926 bits per heavy atom. The molecule has 4 heteroatoms. The average Bonchev–Trinajstić information content (AvgIpc) is 2.98. The zero-order valence-corrected chi connectivity index (χ0v) is 14.8.